The van der Waals surface area contributed by atoms with Gasteiger partial charge in [0.15, 0.2) is 12.6 Å². The summed E-state index contributed by atoms with van der Waals surface area (Å²) in [6.45, 7) is 0. The molecule has 0 aliphatic carbocycles. The monoisotopic (exact) mass is 290 g/mol. The minimum absolute atomic E-state index is 0.127. The Labute approximate surface area is 119 Å². The van der Waals surface area contributed by atoms with E-state index in [0.717, 1.165) is 12.1 Å². The third kappa shape index (κ3) is 3.65. The molecule has 0 fully saturated rings. The Bertz CT molecular complexity index is 619. The zero-order valence-corrected chi connectivity index (χ0v) is 10.7. The fourth-order valence-electron chi connectivity index (χ4n) is 1.57. The quantitative estimate of drug-likeness (QED) is 0.605. The number of aldehydes is 2. The van der Waals surface area contributed by atoms with E-state index in [-0.39, 0.29) is 30.3 Å². The molecule has 0 saturated carbocycles. The van der Waals surface area contributed by atoms with Gasteiger partial charge in [-0.2, -0.15) is 0 Å². The summed E-state index contributed by atoms with van der Waals surface area (Å²) < 4.78 is 36.5. The molecule has 0 N–H and O–H groups in total. The van der Waals surface area contributed by atoms with Crippen molar-refractivity contribution >= 4 is 20.3 Å². The number of halogens is 2. The van der Waals surface area contributed by atoms with Gasteiger partial charge in [0.1, 0.15) is 23.1 Å². The van der Waals surface area contributed by atoms with Gasteiger partial charge in [-0.05, 0) is 36.4 Å². The molecule has 0 aliphatic heterocycles. The van der Waals surface area contributed by atoms with Crippen LogP contribution >= 0.6 is 0 Å². The normalized spacial score (nSPS) is 9.81. The summed E-state index contributed by atoms with van der Waals surface area (Å²) >= 11 is 0. The minimum atomic E-state index is -0.646. The molecule has 0 saturated heterocycles. The van der Waals surface area contributed by atoms with Crippen molar-refractivity contribution in [1.29, 1.82) is 0 Å². The number of hydrogen-bond donors (Lipinski definition) is 0. The van der Waals surface area contributed by atoms with Crippen LogP contribution in [0.3, 0.4) is 0 Å². The standard InChI is InChI=1S/C14H9BF2O4/c16-13-3-1-11(5-9(13)7-18)20-15-21-12-2-4-14(17)10(6-12)8-19/h1-8,15H. The van der Waals surface area contributed by atoms with E-state index in [1.54, 1.807) is 0 Å². The smallest absolute Gasteiger partial charge is 0.528 e. The van der Waals surface area contributed by atoms with Crippen LogP contribution in [0.25, 0.3) is 0 Å². The summed E-state index contributed by atoms with van der Waals surface area (Å²) in [7, 11) is -0.242. The number of carbonyl (C=O) groups excluding carboxylic acids is 2. The number of hydrogen-bond acceptors (Lipinski definition) is 4. The van der Waals surface area contributed by atoms with Gasteiger partial charge in [-0.1, -0.05) is 0 Å². The molecular weight excluding hydrogens is 281 g/mol. The van der Waals surface area contributed by atoms with Crippen molar-refractivity contribution < 1.29 is 27.7 Å². The third-order valence-electron chi connectivity index (χ3n) is 2.64. The van der Waals surface area contributed by atoms with Crippen molar-refractivity contribution in [3.05, 3.63) is 59.2 Å². The van der Waals surface area contributed by atoms with Crippen molar-refractivity contribution in [2.45, 2.75) is 0 Å². The molecule has 2 aromatic rings. The molecule has 0 aliphatic rings. The van der Waals surface area contributed by atoms with Crippen LogP contribution in [-0.4, -0.2) is 20.3 Å². The fourth-order valence-corrected chi connectivity index (χ4v) is 1.57. The third-order valence-corrected chi connectivity index (χ3v) is 2.64. The Morgan fingerprint density at radius 1 is 0.810 bits per heavy atom. The highest BCUT2D eigenvalue weighted by Crippen LogP contribution is 2.17. The summed E-state index contributed by atoms with van der Waals surface area (Å²) in [6.07, 6.45) is 0.749. The average molecular weight is 290 g/mol. The summed E-state index contributed by atoms with van der Waals surface area (Å²) in [5.41, 5.74) is -0.255. The van der Waals surface area contributed by atoms with Crippen LogP contribution < -0.4 is 9.31 Å². The molecule has 21 heavy (non-hydrogen) atoms. The van der Waals surface area contributed by atoms with Gasteiger partial charge in [-0.25, -0.2) is 8.78 Å². The lowest BCUT2D eigenvalue weighted by Gasteiger charge is -2.08. The maximum Gasteiger partial charge on any atom is 0.576 e. The van der Waals surface area contributed by atoms with E-state index >= 15 is 0 Å². The van der Waals surface area contributed by atoms with Gasteiger partial charge in [-0.3, -0.25) is 9.59 Å². The van der Waals surface area contributed by atoms with Gasteiger partial charge < -0.3 is 9.31 Å². The molecule has 0 spiro atoms. The van der Waals surface area contributed by atoms with Crippen molar-refractivity contribution in [3.63, 3.8) is 0 Å². The largest absolute Gasteiger partial charge is 0.576 e. The molecular formula is C14H9BF2O4. The summed E-state index contributed by atoms with van der Waals surface area (Å²) in [4.78, 5) is 21.2. The van der Waals surface area contributed by atoms with Crippen LogP contribution in [0.2, 0.25) is 0 Å². The van der Waals surface area contributed by atoms with E-state index < -0.39 is 11.6 Å². The predicted octanol–water partition coefficient (Wildman–Crippen LogP) is 2.31. The molecule has 0 bridgehead atoms. The lowest BCUT2D eigenvalue weighted by Crippen LogP contribution is -2.11. The SMILES string of the molecule is O=Cc1cc(OBOc2ccc(F)c(C=O)c2)ccc1F. The van der Waals surface area contributed by atoms with Gasteiger partial charge in [0, 0.05) is 0 Å². The Hall–Kier alpha value is -2.70. The summed E-state index contributed by atoms with van der Waals surface area (Å²) in [5, 5.41) is 0. The molecule has 2 rings (SSSR count). The van der Waals surface area contributed by atoms with Gasteiger partial charge >= 0.3 is 7.69 Å². The van der Waals surface area contributed by atoms with Gasteiger partial charge in [-0.15, -0.1) is 0 Å². The Morgan fingerprint density at radius 2 is 1.24 bits per heavy atom. The second-order valence-electron chi connectivity index (χ2n) is 4.01. The second-order valence-corrected chi connectivity index (χ2v) is 4.01. The second kappa shape index (κ2) is 6.65. The highest BCUT2D eigenvalue weighted by molar-refractivity contribution is 6.20. The zero-order valence-electron chi connectivity index (χ0n) is 10.7. The van der Waals surface area contributed by atoms with E-state index in [2.05, 4.69) is 0 Å². The van der Waals surface area contributed by atoms with Crippen LogP contribution in [-0.2, 0) is 0 Å². The molecule has 0 aromatic heterocycles. The average Bonchev–Trinajstić information content (AvgIpc) is 2.50. The van der Waals surface area contributed by atoms with Crippen molar-refractivity contribution in [3.8, 4) is 11.5 Å². The van der Waals surface area contributed by atoms with Crippen LogP contribution in [0, 0.1) is 11.6 Å². The predicted molar refractivity (Wildman–Crippen MR) is 72.0 cm³/mol. The molecule has 106 valence electrons. The van der Waals surface area contributed by atoms with Gasteiger partial charge in [0.05, 0.1) is 11.1 Å². The summed E-state index contributed by atoms with van der Waals surface area (Å²) in [5.74, 6) is -0.799. The van der Waals surface area contributed by atoms with Crippen molar-refractivity contribution in [1.82, 2.24) is 0 Å². The molecule has 7 heteroatoms. The number of carbonyl (C=O) groups is 2. The first kappa shape index (κ1) is 14.7. The molecule has 0 radical (unpaired) electrons. The van der Waals surface area contributed by atoms with Crippen LogP contribution in [0.5, 0.6) is 11.5 Å². The van der Waals surface area contributed by atoms with Gasteiger partial charge in [0.25, 0.3) is 0 Å². The molecule has 2 aromatic carbocycles. The van der Waals surface area contributed by atoms with E-state index in [4.69, 9.17) is 9.31 Å². The molecule has 0 unspecified atom stereocenters. The fraction of sp³-hybridized carbons (Fsp3) is 0. The molecule has 0 heterocycles. The van der Waals surface area contributed by atoms with Gasteiger partial charge in [0.2, 0.25) is 0 Å². The van der Waals surface area contributed by atoms with Crippen molar-refractivity contribution in [2.75, 3.05) is 0 Å². The van der Waals surface area contributed by atoms with Crippen LogP contribution in [0.15, 0.2) is 36.4 Å². The molecule has 4 nitrogen and oxygen atoms in total. The Morgan fingerprint density at radius 3 is 1.62 bits per heavy atom. The molecule has 0 atom stereocenters. The van der Waals surface area contributed by atoms with Crippen molar-refractivity contribution in [2.24, 2.45) is 0 Å². The van der Waals surface area contributed by atoms with Crippen LogP contribution in [0.1, 0.15) is 20.7 Å². The Kier molecular flexibility index (Phi) is 4.66. The van der Waals surface area contributed by atoms with E-state index in [0.29, 0.717) is 12.6 Å². The minimum Gasteiger partial charge on any atom is -0.528 e. The maximum atomic E-state index is 13.1. The topological polar surface area (TPSA) is 52.6 Å². The van der Waals surface area contributed by atoms with Crippen LogP contribution in [0.4, 0.5) is 8.78 Å². The lowest BCUT2D eigenvalue weighted by atomic mass is 10.2. The first-order chi connectivity index (χ1) is 10.1. The first-order valence-electron chi connectivity index (χ1n) is 5.89. The maximum absolute atomic E-state index is 13.1. The van der Waals surface area contributed by atoms with E-state index in [1.165, 1.54) is 24.3 Å². The first-order valence-corrected chi connectivity index (χ1v) is 5.89. The van der Waals surface area contributed by atoms with E-state index in [1.807, 2.05) is 0 Å². The highest BCUT2D eigenvalue weighted by atomic mass is 19.1. The lowest BCUT2D eigenvalue weighted by molar-refractivity contribution is 0.111. The van der Waals surface area contributed by atoms with E-state index in [9.17, 15) is 18.4 Å². The Balaban J connectivity index is 1.98. The number of rotatable bonds is 6. The number of benzene rings is 2. The summed E-state index contributed by atoms with van der Waals surface area (Å²) in [6, 6.07) is 7.34. The molecule has 0 amide bonds. The zero-order chi connectivity index (χ0) is 15.2. The highest BCUT2D eigenvalue weighted by Gasteiger charge is 2.07.